The molecule has 1 unspecified atom stereocenters. The monoisotopic (exact) mass is 151 g/mol. The molecule has 0 amide bonds. The zero-order valence-electron chi connectivity index (χ0n) is 4.44. The SMILES string of the molecule is CC(N=O)(N=O)S(=O)[O-]. The summed E-state index contributed by atoms with van der Waals surface area (Å²) in [5.41, 5.74) is 0. The molecule has 0 aromatic rings. The third-order valence-electron chi connectivity index (χ3n) is 0.654. The Morgan fingerprint density at radius 1 is 1.44 bits per heavy atom. The van der Waals surface area contributed by atoms with E-state index in [-0.39, 0.29) is 0 Å². The van der Waals surface area contributed by atoms with E-state index in [2.05, 4.69) is 0 Å². The highest BCUT2D eigenvalue weighted by Gasteiger charge is 2.27. The number of hydrogen-bond donors (Lipinski definition) is 0. The van der Waals surface area contributed by atoms with Crippen molar-refractivity contribution in [3.63, 3.8) is 0 Å². The molecule has 0 aliphatic heterocycles. The first-order valence-corrected chi connectivity index (χ1v) is 2.92. The highest BCUT2D eigenvalue weighted by atomic mass is 32.2. The number of hydrogen-bond acceptors (Lipinski definition) is 6. The summed E-state index contributed by atoms with van der Waals surface area (Å²) in [5, 5.41) is 3.99. The largest absolute Gasteiger partial charge is 0.769 e. The third kappa shape index (κ3) is 1.61. The van der Waals surface area contributed by atoms with Crippen LogP contribution in [0, 0.1) is 9.81 Å². The van der Waals surface area contributed by atoms with Crippen LogP contribution in [0.2, 0.25) is 0 Å². The van der Waals surface area contributed by atoms with E-state index in [1.54, 1.807) is 0 Å². The van der Waals surface area contributed by atoms with Crippen molar-refractivity contribution in [3.8, 4) is 0 Å². The van der Waals surface area contributed by atoms with Crippen LogP contribution in [0.25, 0.3) is 0 Å². The second-order valence-corrected chi connectivity index (χ2v) is 2.59. The van der Waals surface area contributed by atoms with Crippen molar-refractivity contribution in [2.45, 2.75) is 11.9 Å². The van der Waals surface area contributed by atoms with Crippen LogP contribution in [-0.2, 0) is 11.1 Å². The molecule has 9 heavy (non-hydrogen) atoms. The smallest absolute Gasteiger partial charge is 0.290 e. The summed E-state index contributed by atoms with van der Waals surface area (Å²) in [7, 11) is 0. The van der Waals surface area contributed by atoms with E-state index in [0.717, 1.165) is 6.92 Å². The molecule has 0 rings (SSSR count). The molecule has 0 aromatic carbocycles. The summed E-state index contributed by atoms with van der Waals surface area (Å²) in [5.74, 6) is 0. The Morgan fingerprint density at radius 3 is 1.78 bits per heavy atom. The molecule has 0 saturated heterocycles. The van der Waals surface area contributed by atoms with Gasteiger partial charge in [0.25, 0.3) is 4.99 Å². The van der Waals surface area contributed by atoms with Crippen molar-refractivity contribution in [2.24, 2.45) is 10.4 Å². The van der Waals surface area contributed by atoms with Crippen LogP contribution in [0.5, 0.6) is 0 Å². The number of nitroso groups, excluding NO2 is 2. The van der Waals surface area contributed by atoms with Crippen molar-refractivity contribution in [3.05, 3.63) is 9.81 Å². The maximum atomic E-state index is 9.90. The van der Waals surface area contributed by atoms with Crippen LogP contribution in [0.4, 0.5) is 0 Å². The zero-order valence-corrected chi connectivity index (χ0v) is 5.25. The van der Waals surface area contributed by atoms with Crippen molar-refractivity contribution < 1.29 is 8.76 Å². The van der Waals surface area contributed by atoms with Crippen LogP contribution in [-0.4, -0.2) is 13.8 Å². The summed E-state index contributed by atoms with van der Waals surface area (Å²) < 4.78 is 19.8. The van der Waals surface area contributed by atoms with Crippen LogP contribution in [0.3, 0.4) is 0 Å². The van der Waals surface area contributed by atoms with Gasteiger partial charge >= 0.3 is 0 Å². The van der Waals surface area contributed by atoms with Crippen LogP contribution in [0.15, 0.2) is 10.4 Å². The Hall–Kier alpha value is -0.690. The Labute approximate surface area is 52.9 Å². The molecule has 0 spiro atoms. The average Bonchev–Trinajstić information content (AvgIpc) is 1.86. The van der Waals surface area contributed by atoms with Gasteiger partial charge in [-0.3, -0.25) is 4.21 Å². The first-order valence-electron chi connectivity index (χ1n) is 1.85. The van der Waals surface area contributed by atoms with Crippen molar-refractivity contribution in [1.82, 2.24) is 0 Å². The van der Waals surface area contributed by atoms with E-state index in [1.807, 2.05) is 10.4 Å². The van der Waals surface area contributed by atoms with Crippen LogP contribution in [0.1, 0.15) is 6.92 Å². The van der Waals surface area contributed by atoms with Crippen molar-refractivity contribution >= 4 is 11.1 Å². The highest BCUT2D eigenvalue weighted by molar-refractivity contribution is 7.80. The number of rotatable bonds is 3. The molecule has 0 aliphatic carbocycles. The minimum absolute atomic E-state index is 0.802. The molecule has 0 bridgehead atoms. The molecule has 0 saturated carbocycles. The molecule has 0 fully saturated rings. The van der Waals surface area contributed by atoms with Crippen molar-refractivity contribution in [2.75, 3.05) is 0 Å². The Morgan fingerprint density at radius 2 is 1.78 bits per heavy atom. The summed E-state index contributed by atoms with van der Waals surface area (Å²) >= 11 is -2.88. The fraction of sp³-hybridized carbons (Fsp3) is 1.00. The maximum absolute atomic E-state index is 9.90. The fourth-order valence-electron chi connectivity index (χ4n) is 0.0775. The molecule has 52 valence electrons. The van der Waals surface area contributed by atoms with Crippen molar-refractivity contribution in [1.29, 1.82) is 0 Å². The average molecular weight is 151 g/mol. The van der Waals surface area contributed by atoms with Gasteiger partial charge in [0, 0.05) is 11.1 Å². The van der Waals surface area contributed by atoms with Gasteiger partial charge in [-0.15, -0.1) is 9.81 Å². The van der Waals surface area contributed by atoms with Gasteiger partial charge in [0.05, 0.1) is 0 Å². The first-order chi connectivity index (χ1) is 4.06. The third-order valence-corrected chi connectivity index (χ3v) is 1.44. The Kier molecular flexibility index (Phi) is 2.53. The van der Waals surface area contributed by atoms with E-state index >= 15 is 0 Å². The summed E-state index contributed by atoms with van der Waals surface area (Å²) in [6.07, 6.45) is 0. The zero-order chi connectivity index (χ0) is 7.49. The molecule has 0 aliphatic rings. The minimum atomic E-state index is -2.88. The summed E-state index contributed by atoms with van der Waals surface area (Å²) in [6, 6.07) is 0. The van der Waals surface area contributed by atoms with Crippen LogP contribution < -0.4 is 0 Å². The predicted molar refractivity (Wildman–Crippen MR) is 28.9 cm³/mol. The van der Waals surface area contributed by atoms with Gasteiger partial charge in [-0.05, 0) is 17.3 Å². The minimum Gasteiger partial charge on any atom is -0.769 e. The Balaban J connectivity index is 4.46. The van der Waals surface area contributed by atoms with Gasteiger partial charge in [0.15, 0.2) is 0 Å². The lowest BCUT2D eigenvalue weighted by molar-refractivity contribution is 0.492. The van der Waals surface area contributed by atoms with E-state index < -0.39 is 16.1 Å². The number of nitrogens with zero attached hydrogens (tertiary/aromatic N) is 2. The van der Waals surface area contributed by atoms with Gasteiger partial charge in [0.1, 0.15) is 0 Å². The van der Waals surface area contributed by atoms with Gasteiger partial charge in [-0.2, -0.15) is 0 Å². The van der Waals surface area contributed by atoms with E-state index in [0.29, 0.717) is 0 Å². The van der Waals surface area contributed by atoms with Gasteiger partial charge in [-0.25, -0.2) is 0 Å². The maximum Gasteiger partial charge on any atom is 0.290 e. The quantitative estimate of drug-likeness (QED) is 0.421. The first kappa shape index (κ1) is 8.31. The second kappa shape index (κ2) is 2.74. The molecule has 0 heterocycles. The Bertz CT molecular complexity index is 149. The second-order valence-electron chi connectivity index (χ2n) is 1.35. The van der Waals surface area contributed by atoms with E-state index in [4.69, 9.17) is 0 Å². The normalized spacial score (nSPS) is 14.4. The summed E-state index contributed by atoms with van der Waals surface area (Å²) in [6.45, 7) is 0.802. The highest BCUT2D eigenvalue weighted by Crippen LogP contribution is 2.13. The molecule has 6 nitrogen and oxygen atoms in total. The topological polar surface area (TPSA) is 99.0 Å². The van der Waals surface area contributed by atoms with Gasteiger partial charge < -0.3 is 4.55 Å². The lowest BCUT2D eigenvalue weighted by atomic mass is 10.6. The lowest BCUT2D eigenvalue weighted by Gasteiger charge is -2.13. The lowest BCUT2D eigenvalue weighted by Crippen LogP contribution is -2.23. The molecule has 0 radical (unpaired) electrons. The molecule has 1 atom stereocenters. The van der Waals surface area contributed by atoms with Gasteiger partial charge in [0.2, 0.25) is 0 Å². The molecule has 0 aromatic heterocycles. The standard InChI is InChI=1S/C2H4N2O4S/c1-2(3-5,4-6)9(7)8/h1H3,(H,7,8)/p-1. The molecule has 0 N–H and O–H groups in total. The molecular formula is C2H3N2O4S-. The van der Waals surface area contributed by atoms with Crippen LogP contribution >= 0.6 is 0 Å². The molecule has 7 heteroatoms. The van der Waals surface area contributed by atoms with E-state index in [1.165, 1.54) is 0 Å². The van der Waals surface area contributed by atoms with Gasteiger partial charge in [-0.1, -0.05) is 0 Å². The fourth-order valence-corrected chi connectivity index (χ4v) is 0.199. The predicted octanol–water partition coefficient (Wildman–Crippen LogP) is 0.0720. The summed E-state index contributed by atoms with van der Waals surface area (Å²) in [4.78, 5) is 16.8. The molecular weight excluding hydrogens is 148 g/mol. The van der Waals surface area contributed by atoms with E-state index in [9.17, 15) is 18.6 Å².